The van der Waals surface area contributed by atoms with E-state index in [-0.39, 0.29) is 37.8 Å². The molecule has 0 N–H and O–H groups in total. The van der Waals surface area contributed by atoms with Crippen molar-refractivity contribution in [2.24, 2.45) is 0 Å². The summed E-state index contributed by atoms with van der Waals surface area (Å²) in [6.45, 7) is 0. The molecule has 0 aliphatic rings. The van der Waals surface area contributed by atoms with Crippen molar-refractivity contribution in [1.29, 1.82) is 0 Å². The van der Waals surface area contributed by atoms with Crippen LogP contribution in [0.2, 0.25) is 5.02 Å². The first kappa shape index (κ1) is 41.9. The van der Waals surface area contributed by atoms with E-state index in [0.717, 1.165) is 0 Å². The van der Waals surface area contributed by atoms with Crippen LogP contribution in [0.1, 0.15) is 7.43 Å². The lowest BCUT2D eigenvalue weighted by molar-refractivity contribution is 0.341. The smallest absolute Gasteiger partial charge is 0.205 e. The Bertz CT molecular complexity index is 1450. The van der Waals surface area contributed by atoms with Gasteiger partial charge in [0.15, 0.2) is 20.5 Å². The van der Waals surface area contributed by atoms with Crippen LogP contribution in [0.5, 0.6) is 0 Å². The van der Waals surface area contributed by atoms with Gasteiger partial charge in [-0.25, -0.2) is 26.3 Å². The second-order valence-electron chi connectivity index (χ2n) is 7.68. The topological polar surface area (TPSA) is 0 Å². The van der Waals surface area contributed by atoms with Gasteiger partial charge in [-0.15, -0.1) is 15.5 Å². The molecule has 0 atom stereocenters. The summed E-state index contributed by atoms with van der Waals surface area (Å²) < 4.78 is 245. The first-order valence-corrected chi connectivity index (χ1v) is 16.6. The van der Waals surface area contributed by atoms with Crippen LogP contribution >= 0.6 is 51.8 Å². The summed E-state index contributed by atoms with van der Waals surface area (Å²) in [5.74, 6) is -13.7. The molecule has 0 amide bonds. The lowest BCUT2D eigenvalue weighted by Gasteiger charge is -2.42. The molecule has 0 unspecified atom stereocenters. The van der Waals surface area contributed by atoms with Crippen molar-refractivity contribution in [1.82, 2.24) is 0 Å². The van der Waals surface area contributed by atoms with E-state index in [4.69, 9.17) is 11.6 Å². The number of hydrogen-bond acceptors (Lipinski definition) is 0. The van der Waals surface area contributed by atoms with Gasteiger partial charge in [-0.3, -0.25) is 0 Å². The van der Waals surface area contributed by atoms with Gasteiger partial charge in [0.2, 0.25) is 0 Å². The monoisotopic (exact) mass is 786 g/mol. The fourth-order valence-corrected chi connectivity index (χ4v) is 5.85. The van der Waals surface area contributed by atoms with Crippen molar-refractivity contribution in [2.75, 3.05) is 0 Å². The molecule has 0 aliphatic heterocycles. The molecule has 3 aromatic carbocycles. The second kappa shape index (κ2) is 9.94. The molecular weight excluding hydrogens is 775 g/mol. The third kappa shape index (κ3) is 11.4. The molecule has 0 heterocycles. The predicted molar refractivity (Wildman–Crippen MR) is 130 cm³/mol. The van der Waals surface area contributed by atoms with Gasteiger partial charge in [0, 0.05) is 10.7 Å². The van der Waals surface area contributed by atoms with E-state index in [9.17, 15) is 80.7 Å². The minimum atomic E-state index is -10.4. The van der Waals surface area contributed by atoms with Crippen molar-refractivity contribution in [3.8, 4) is 0 Å². The average molecular weight is 787 g/mol. The van der Waals surface area contributed by atoms with E-state index >= 15 is 0 Å². The summed E-state index contributed by atoms with van der Waals surface area (Å²) >= 11 is 4.86. The minimum Gasteiger partial charge on any atom is -0.205 e. The number of benzene rings is 3. The molecule has 0 bridgehead atoms. The summed E-state index contributed by atoms with van der Waals surface area (Å²) in [7, 11) is -26.2. The maximum atomic E-state index is 12.7. The summed E-state index contributed by atoms with van der Waals surface area (Å²) in [6.07, 6.45) is 0. The lowest BCUT2D eigenvalue weighted by atomic mass is 10.3. The molecule has 0 aliphatic carbocycles. The second-order valence-corrected chi connectivity index (χ2v) is 17.0. The van der Waals surface area contributed by atoms with Gasteiger partial charge >= 0.3 is 20.4 Å². The molecule has 0 nitrogen and oxygen atoms in total. The van der Waals surface area contributed by atoms with Crippen molar-refractivity contribution >= 4 is 51.8 Å². The Labute approximate surface area is 242 Å². The van der Waals surface area contributed by atoms with Gasteiger partial charge in [0.05, 0.1) is 5.02 Å². The van der Waals surface area contributed by atoms with E-state index in [1.807, 2.05) is 0 Å². The van der Waals surface area contributed by atoms with Crippen molar-refractivity contribution in [3.05, 3.63) is 88.5 Å². The van der Waals surface area contributed by atoms with Crippen LogP contribution in [-0.4, -0.2) is 0 Å². The molecule has 0 radical (unpaired) electrons. The van der Waals surface area contributed by atoms with Crippen LogP contribution in [0, 0.1) is 34.9 Å². The van der Waals surface area contributed by atoms with Crippen LogP contribution < -0.4 is 0 Å². The third-order valence-corrected chi connectivity index (χ3v) is 8.22. The molecule has 0 aromatic heterocycles. The Kier molecular flexibility index (Phi) is 9.47. The highest BCUT2D eigenvalue weighted by molar-refractivity contribution is 8.65. The van der Waals surface area contributed by atoms with E-state index < -0.39 is 84.1 Å². The molecule has 0 saturated carbocycles. The zero-order chi connectivity index (χ0) is 34.7. The summed E-state index contributed by atoms with van der Waals surface area (Å²) in [5.41, 5.74) is 0. The van der Waals surface area contributed by atoms with Gasteiger partial charge in [0.25, 0.3) is 9.05 Å². The van der Waals surface area contributed by atoms with Gasteiger partial charge in [-0.1, -0.05) is 70.0 Å². The van der Waals surface area contributed by atoms with E-state index in [1.54, 1.807) is 0 Å². The molecule has 0 fully saturated rings. The number of rotatable bonds is 3. The van der Waals surface area contributed by atoms with Gasteiger partial charge < -0.3 is 0 Å². The fourth-order valence-electron chi connectivity index (χ4n) is 2.56. The molecule has 260 valence electrons. The molecule has 0 saturated heterocycles. The van der Waals surface area contributed by atoms with Crippen LogP contribution in [-0.2, 0) is 0 Å². The van der Waals surface area contributed by atoms with Gasteiger partial charge in [0.1, 0.15) is 29.1 Å². The van der Waals surface area contributed by atoms with Crippen molar-refractivity contribution in [3.63, 3.8) is 0 Å². The Hall–Kier alpha value is -2.11. The largest absolute Gasteiger partial charge is 0.315 e. The maximum Gasteiger partial charge on any atom is 0.315 e. The molecule has 25 heteroatoms. The quantitative estimate of drug-likeness (QED) is 0.183. The van der Waals surface area contributed by atoms with E-state index in [2.05, 4.69) is 10.7 Å². The van der Waals surface area contributed by atoms with Crippen LogP contribution in [0.15, 0.2) is 63.2 Å². The maximum absolute atomic E-state index is 12.7. The van der Waals surface area contributed by atoms with Crippen molar-refractivity contribution in [2.45, 2.75) is 22.1 Å². The average Bonchev–Trinajstić information content (AvgIpc) is 2.65. The number of halogens is 22. The Balaban J connectivity index is 0.000000624. The molecular formula is C19H12Cl2F20S3. The SMILES string of the molecule is C.Fc1ccc(Cl)c(F)c1S(F)(F)(F)(F)F.Fc1cccc(F)c1S(F)(F)(F)(F)Cl.Fc1cccc(F)c1S(F)(F)(F)(F)F. The summed E-state index contributed by atoms with van der Waals surface area (Å²) in [4.78, 5) is -8.95. The van der Waals surface area contributed by atoms with Crippen LogP contribution in [0.3, 0.4) is 0 Å². The zero-order valence-electron chi connectivity index (χ0n) is 19.2. The normalized spacial score (nSPS) is 16.9. The highest BCUT2D eigenvalue weighted by Gasteiger charge is 2.70. The Morgan fingerprint density at radius 3 is 0.886 bits per heavy atom. The Morgan fingerprint density at radius 2 is 0.682 bits per heavy atom. The molecule has 0 spiro atoms. The lowest BCUT2D eigenvalue weighted by Crippen LogP contribution is -2.11. The molecule has 44 heavy (non-hydrogen) atoms. The number of hydrogen-bond donors (Lipinski definition) is 0. The fraction of sp³-hybridized carbons (Fsp3) is 0.0526. The van der Waals surface area contributed by atoms with Gasteiger partial charge in [-0.2, -0.15) is 0 Å². The third-order valence-electron chi connectivity index (χ3n) is 4.00. The van der Waals surface area contributed by atoms with Crippen LogP contribution in [0.4, 0.5) is 80.7 Å². The summed E-state index contributed by atoms with van der Waals surface area (Å²) in [6, 6.07) is 2.48. The predicted octanol–water partition coefficient (Wildman–Crippen LogP) is 15.4. The highest BCUT2D eigenvalue weighted by atomic mass is 35.7. The summed E-state index contributed by atoms with van der Waals surface area (Å²) in [5, 5.41) is -1.22. The standard InChI is InChI=1S/C6H2ClF7S.C6H3ClF6S.C6H3F7S.CH4/c7-3-1-2-4(8)6(5(3)9)15(10,11,12,13)14;7-14(10,11,12,13)6-4(8)2-1-3-5(6)9;7-4-2-1-3-5(8)6(4)14(9,10,11,12)13;/h1-2H;2*1-3H;1H4. The van der Waals surface area contributed by atoms with Crippen LogP contribution in [0.25, 0.3) is 0 Å². The first-order chi connectivity index (χ1) is 18.2. The van der Waals surface area contributed by atoms with Gasteiger partial charge in [-0.05, 0) is 36.4 Å². The Morgan fingerprint density at radius 1 is 0.409 bits per heavy atom. The van der Waals surface area contributed by atoms with E-state index in [1.165, 1.54) is 0 Å². The highest BCUT2D eigenvalue weighted by Crippen LogP contribution is 3.05. The first-order valence-electron chi connectivity index (χ1n) is 9.40. The zero-order valence-corrected chi connectivity index (χ0v) is 23.1. The molecule has 3 aromatic rings. The molecule has 3 rings (SSSR count). The van der Waals surface area contributed by atoms with E-state index in [0.29, 0.717) is 18.2 Å². The van der Waals surface area contributed by atoms with Crippen molar-refractivity contribution < 1.29 is 80.7 Å². The minimum absolute atomic E-state index is 0.